The largest absolute Gasteiger partial charge is 0.462 e. The Balaban J connectivity index is 0.00000161. The van der Waals surface area contributed by atoms with Crippen LogP contribution in [0.2, 0.25) is 0 Å². The first-order valence-corrected chi connectivity index (χ1v) is 7.66. The van der Waals surface area contributed by atoms with Gasteiger partial charge in [0, 0.05) is 13.1 Å². The zero-order valence-electron chi connectivity index (χ0n) is 12.6. The summed E-state index contributed by atoms with van der Waals surface area (Å²) < 4.78 is 5.84. The van der Waals surface area contributed by atoms with Gasteiger partial charge in [-0.05, 0) is 38.3 Å². The molecule has 1 aromatic carbocycles. The summed E-state index contributed by atoms with van der Waals surface area (Å²) in [5.74, 6) is 0.00417. The molecule has 21 heavy (non-hydrogen) atoms. The first kappa shape index (κ1) is 16.3. The van der Waals surface area contributed by atoms with Crippen molar-refractivity contribution in [1.29, 1.82) is 0 Å². The highest BCUT2D eigenvalue weighted by Gasteiger charge is 2.47. The number of piperidine rings is 1. The lowest BCUT2D eigenvalue weighted by Gasteiger charge is -2.41. The van der Waals surface area contributed by atoms with Gasteiger partial charge in [-0.25, -0.2) is 0 Å². The molecule has 1 saturated carbocycles. The van der Waals surface area contributed by atoms with E-state index in [1.165, 1.54) is 0 Å². The maximum atomic E-state index is 12.7. The summed E-state index contributed by atoms with van der Waals surface area (Å²) in [6, 6.07) is 10.2. The van der Waals surface area contributed by atoms with Crippen LogP contribution in [0.3, 0.4) is 0 Å². The number of esters is 1. The molecule has 116 valence electrons. The van der Waals surface area contributed by atoms with E-state index in [4.69, 9.17) is 4.74 Å². The molecule has 0 unspecified atom stereocenters. The molecule has 2 aliphatic rings. The Labute approximate surface area is 133 Å². The van der Waals surface area contributed by atoms with Gasteiger partial charge in [0.25, 0.3) is 0 Å². The zero-order chi connectivity index (χ0) is 14.0. The standard InChI is InChI=1S/C17H23NO2.ClH/c1-18-12-8-15(9-13-18)20-16(19)17(10-5-11-17)14-6-3-2-4-7-14;/h2-4,6-7,15H,5,8-13H2,1H3;1H. The third-order valence-electron chi connectivity index (χ3n) is 4.86. The van der Waals surface area contributed by atoms with Gasteiger partial charge in [0.1, 0.15) is 6.10 Å². The number of rotatable bonds is 3. The molecule has 4 heteroatoms. The van der Waals surface area contributed by atoms with Crippen LogP contribution in [-0.4, -0.2) is 37.1 Å². The summed E-state index contributed by atoms with van der Waals surface area (Å²) in [4.78, 5) is 15.0. The molecular formula is C17H24ClNO2. The Morgan fingerprint density at radius 2 is 1.81 bits per heavy atom. The van der Waals surface area contributed by atoms with Crippen LogP contribution in [0.15, 0.2) is 30.3 Å². The Kier molecular flexibility index (Phi) is 5.28. The summed E-state index contributed by atoms with van der Waals surface area (Å²) in [5, 5.41) is 0. The van der Waals surface area contributed by atoms with E-state index in [0.717, 1.165) is 50.8 Å². The number of hydrogen-bond acceptors (Lipinski definition) is 3. The van der Waals surface area contributed by atoms with E-state index < -0.39 is 0 Å². The molecule has 3 rings (SSSR count). The first-order valence-electron chi connectivity index (χ1n) is 7.66. The van der Waals surface area contributed by atoms with Crippen molar-refractivity contribution in [2.45, 2.75) is 43.6 Å². The molecule has 1 aliphatic carbocycles. The van der Waals surface area contributed by atoms with Gasteiger partial charge >= 0.3 is 5.97 Å². The fraction of sp³-hybridized carbons (Fsp3) is 0.588. The van der Waals surface area contributed by atoms with Crippen molar-refractivity contribution in [2.75, 3.05) is 20.1 Å². The Morgan fingerprint density at radius 3 is 2.33 bits per heavy atom. The van der Waals surface area contributed by atoms with Crippen molar-refractivity contribution in [3.8, 4) is 0 Å². The number of hydrogen-bond donors (Lipinski definition) is 0. The summed E-state index contributed by atoms with van der Waals surface area (Å²) in [5.41, 5.74) is 0.772. The van der Waals surface area contributed by atoms with E-state index in [2.05, 4.69) is 24.1 Å². The highest BCUT2D eigenvalue weighted by molar-refractivity contribution is 5.85. The average Bonchev–Trinajstić information content (AvgIpc) is 2.41. The van der Waals surface area contributed by atoms with Crippen molar-refractivity contribution in [2.24, 2.45) is 0 Å². The summed E-state index contributed by atoms with van der Waals surface area (Å²) >= 11 is 0. The molecule has 0 N–H and O–H groups in total. The number of nitrogens with zero attached hydrogens (tertiary/aromatic N) is 1. The molecule has 1 saturated heterocycles. The smallest absolute Gasteiger partial charge is 0.316 e. The van der Waals surface area contributed by atoms with Crippen LogP contribution in [0, 0.1) is 0 Å². The lowest BCUT2D eigenvalue weighted by molar-refractivity contribution is -0.162. The topological polar surface area (TPSA) is 29.5 Å². The number of likely N-dealkylation sites (tertiary alicyclic amines) is 1. The first-order chi connectivity index (χ1) is 9.71. The minimum atomic E-state index is -0.357. The second kappa shape index (κ2) is 6.80. The number of carbonyl (C=O) groups is 1. The average molecular weight is 310 g/mol. The minimum absolute atomic E-state index is 0. The van der Waals surface area contributed by atoms with E-state index in [0.29, 0.717) is 0 Å². The number of halogens is 1. The molecule has 0 atom stereocenters. The highest BCUT2D eigenvalue weighted by atomic mass is 35.5. The predicted octanol–water partition coefficient (Wildman–Crippen LogP) is 3.17. The SMILES string of the molecule is CN1CCC(OC(=O)C2(c3ccccc3)CCC2)CC1.Cl. The van der Waals surface area contributed by atoms with E-state index in [9.17, 15) is 4.79 Å². The molecule has 2 fully saturated rings. The van der Waals surface area contributed by atoms with Crippen LogP contribution in [0.5, 0.6) is 0 Å². The van der Waals surface area contributed by atoms with E-state index in [-0.39, 0.29) is 29.9 Å². The molecule has 0 aromatic heterocycles. The van der Waals surface area contributed by atoms with E-state index in [1.54, 1.807) is 0 Å². The van der Waals surface area contributed by atoms with E-state index in [1.807, 2.05) is 18.2 Å². The Morgan fingerprint density at radius 1 is 1.19 bits per heavy atom. The van der Waals surface area contributed by atoms with Gasteiger partial charge in [0.15, 0.2) is 0 Å². The molecule has 0 spiro atoms. The van der Waals surface area contributed by atoms with Gasteiger partial charge in [-0.2, -0.15) is 0 Å². The van der Waals surface area contributed by atoms with Crippen LogP contribution in [0.25, 0.3) is 0 Å². The second-order valence-electron chi connectivity index (χ2n) is 6.21. The van der Waals surface area contributed by atoms with Gasteiger partial charge in [-0.1, -0.05) is 36.8 Å². The third kappa shape index (κ3) is 3.24. The molecule has 1 aliphatic heterocycles. The quantitative estimate of drug-likeness (QED) is 0.803. The van der Waals surface area contributed by atoms with Gasteiger partial charge < -0.3 is 9.64 Å². The fourth-order valence-corrected chi connectivity index (χ4v) is 3.27. The van der Waals surface area contributed by atoms with Gasteiger partial charge in [0.2, 0.25) is 0 Å². The van der Waals surface area contributed by atoms with Crippen molar-refractivity contribution < 1.29 is 9.53 Å². The molecular weight excluding hydrogens is 286 g/mol. The normalized spacial score (nSPS) is 22.0. The second-order valence-corrected chi connectivity index (χ2v) is 6.21. The number of ether oxygens (including phenoxy) is 1. The van der Waals surface area contributed by atoms with Crippen molar-refractivity contribution in [3.63, 3.8) is 0 Å². The number of benzene rings is 1. The van der Waals surface area contributed by atoms with Crippen LogP contribution >= 0.6 is 12.4 Å². The van der Waals surface area contributed by atoms with Crippen molar-refractivity contribution in [1.82, 2.24) is 4.90 Å². The summed E-state index contributed by atoms with van der Waals surface area (Å²) in [7, 11) is 2.12. The van der Waals surface area contributed by atoms with Crippen LogP contribution in [-0.2, 0) is 14.9 Å². The van der Waals surface area contributed by atoms with Crippen molar-refractivity contribution >= 4 is 18.4 Å². The van der Waals surface area contributed by atoms with Crippen molar-refractivity contribution in [3.05, 3.63) is 35.9 Å². The Bertz CT molecular complexity index is 465. The molecule has 0 radical (unpaired) electrons. The third-order valence-corrected chi connectivity index (χ3v) is 4.86. The molecule has 0 amide bonds. The van der Waals surface area contributed by atoms with Crippen LogP contribution in [0.1, 0.15) is 37.7 Å². The maximum Gasteiger partial charge on any atom is 0.316 e. The van der Waals surface area contributed by atoms with Gasteiger partial charge in [0.05, 0.1) is 5.41 Å². The Hall–Kier alpha value is -1.06. The zero-order valence-corrected chi connectivity index (χ0v) is 13.4. The molecule has 1 heterocycles. The van der Waals surface area contributed by atoms with E-state index >= 15 is 0 Å². The molecule has 1 aromatic rings. The fourth-order valence-electron chi connectivity index (χ4n) is 3.27. The van der Waals surface area contributed by atoms with Crippen LogP contribution < -0.4 is 0 Å². The predicted molar refractivity (Wildman–Crippen MR) is 85.8 cm³/mol. The summed E-state index contributed by atoms with van der Waals surface area (Å²) in [6.45, 7) is 2.05. The monoisotopic (exact) mass is 309 g/mol. The molecule has 0 bridgehead atoms. The number of carbonyl (C=O) groups excluding carboxylic acids is 1. The summed E-state index contributed by atoms with van der Waals surface area (Å²) in [6.07, 6.45) is 5.03. The molecule has 3 nitrogen and oxygen atoms in total. The maximum absolute atomic E-state index is 12.7. The van der Waals surface area contributed by atoms with Crippen LogP contribution in [0.4, 0.5) is 0 Å². The van der Waals surface area contributed by atoms with Gasteiger partial charge in [-0.15, -0.1) is 12.4 Å². The lowest BCUT2D eigenvalue weighted by atomic mass is 9.64. The highest BCUT2D eigenvalue weighted by Crippen LogP contribution is 2.45. The minimum Gasteiger partial charge on any atom is -0.462 e. The lowest BCUT2D eigenvalue weighted by Crippen LogP contribution is -2.46. The van der Waals surface area contributed by atoms with Gasteiger partial charge in [-0.3, -0.25) is 4.79 Å².